The zero-order valence-electron chi connectivity index (χ0n) is 10.8. The Morgan fingerprint density at radius 2 is 1.85 bits per heavy atom. The van der Waals surface area contributed by atoms with Gasteiger partial charge in [-0.05, 0) is 42.7 Å². The fourth-order valence-electron chi connectivity index (χ4n) is 2.34. The third kappa shape index (κ3) is 2.24. The van der Waals surface area contributed by atoms with Crippen molar-refractivity contribution in [2.45, 2.75) is 12.8 Å². The average molecular weight is 263 g/mol. The molecule has 98 valence electrons. The molecule has 0 aliphatic rings. The molecule has 0 unspecified atom stereocenters. The summed E-state index contributed by atoms with van der Waals surface area (Å²) in [6, 6.07) is 15.0. The summed E-state index contributed by atoms with van der Waals surface area (Å²) in [7, 11) is 0. The molecule has 0 radical (unpaired) electrons. The molecule has 3 nitrogen and oxygen atoms in total. The lowest BCUT2D eigenvalue weighted by Crippen LogP contribution is -1.90. The van der Waals surface area contributed by atoms with E-state index in [-0.39, 0.29) is 5.75 Å². The molecule has 3 aromatic rings. The topological polar surface area (TPSA) is 57.2 Å². The predicted octanol–water partition coefficient (Wildman–Crippen LogP) is 3.80. The number of rotatable bonds is 3. The van der Waals surface area contributed by atoms with Crippen molar-refractivity contribution in [1.29, 1.82) is 5.26 Å². The van der Waals surface area contributed by atoms with Gasteiger partial charge in [-0.15, -0.1) is 0 Å². The van der Waals surface area contributed by atoms with Crippen LogP contribution in [0.25, 0.3) is 11.0 Å². The Morgan fingerprint density at radius 3 is 2.60 bits per heavy atom. The zero-order valence-corrected chi connectivity index (χ0v) is 10.8. The highest BCUT2D eigenvalue weighted by Crippen LogP contribution is 2.30. The van der Waals surface area contributed by atoms with Crippen LogP contribution in [0.2, 0.25) is 0 Å². The maximum absolute atomic E-state index is 9.91. The molecule has 1 N–H and O–H groups in total. The Labute approximate surface area is 116 Å². The first-order chi connectivity index (χ1) is 9.78. The molecular formula is C17H13NO2. The third-order valence-corrected chi connectivity index (χ3v) is 3.42. The highest BCUT2D eigenvalue weighted by molar-refractivity contribution is 5.87. The number of benzene rings is 2. The van der Waals surface area contributed by atoms with Gasteiger partial charge in [0.25, 0.3) is 0 Å². The van der Waals surface area contributed by atoms with Crippen LogP contribution in [0.4, 0.5) is 0 Å². The number of aryl methyl sites for hydroxylation is 2. The van der Waals surface area contributed by atoms with Crippen LogP contribution in [-0.4, -0.2) is 5.11 Å². The maximum atomic E-state index is 9.91. The van der Waals surface area contributed by atoms with Crippen molar-refractivity contribution in [3.63, 3.8) is 0 Å². The van der Waals surface area contributed by atoms with Gasteiger partial charge < -0.3 is 9.52 Å². The average Bonchev–Trinajstić information content (AvgIpc) is 2.90. The summed E-state index contributed by atoms with van der Waals surface area (Å²) >= 11 is 0. The van der Waals surface area contributed by atoms with Crippen molar-refractivity contribution in [2.24, 2.45) is 0 Å². The number of aromatic hydroxyl groups is 1. The van der Waals surface area contributed by atoms with Crippen molar-refractivity contribution in [2.75, 3.05) is 0 Å². The number of hydrogen-bond donors (Lipinski definition) is 1. The highest BCUT2D eigenvalue weighted by Gasteiger charge is 2.09. The van der Waals surface area contributed by atoms with Crippen LogP contribution in [0, 0.1) is 11.3 Å². The van der Waals surface area contributed by atoms with Gasteiger partial charge in [0.1, 0.15) is 11.3 Å². The lowest BCUT2D eigenvalue weighted by molar-refractivity contribution is 0.481. The summed E-state index contributed by atoms with van der Waals surface area (Å²) in [6.45, 7) is 0. The van der Waals surface area contributed by atoms with Crippen LogP contribution >= 0.6 is 0 Å². The van der Waals surface area contributed by atoms with Gasteiger partial charge in [-0.3, -0.25) is 0 Å². The number of furan rings is 1. The standard InChI is InChI=1S/C17H13NO2/c18-10-13-6-4-12(5-7-13)8-9-14-11-20-16-3-1-2-15(19)17(14)16/h1-7,11,19H,8-9H2. The SMILES string of the molecule is N#Cc1ccc(CCc2coc3cccc(O)c23)cc1. The lowest BCUT2D eigenvalue weighted by atomic mass is 10.0. The van der Waals surface area contributed by atoms with Crippen LogP contribution in [0.15, 0.2) is 53.1 Å². The smallest absolute Gasteiger partial charge is 0.137 e. The molecule has 1 aromatic heterocycles. The molecule has 0 saturated heterocycles. The molecule has 0 spiro atoms. The van der Waals surface area contributed by atoms with Gasteiger partial charge in [-0.2, -0.15) is 5.26 Å². The second-order valence-electron chi connectivity index (χ2n) is 4.72. The molecule has 0 aliphatic carbocycles. The molecule has 0 atom stereocenters. The molecule has 20 heavy (non-hydrogen) atoms. The quantitative estimate of drug-likeness (QED) is 0.782. The van der Waals surface area contributed by atoms with E-state index in [1.54, 1.807) is 18.4 Å². The number of nitrogens with zero attached hydrogens (tertiary/aromatic N) is 1. The number of hydrogen-bond acceptors (Lipinski definition) is 3. The summed E-state index contributed by atoms with van der Waals surface area (Å²) < 4.78 is 5.45. The molecule has 3 rings (SSSR count). The van der Waals surface area contributed by atoms with Crippen molar-refractivity contribution in [3.8, 4) is 11.8 Å². The van der Waals surface area contributed by atoms with Crippen LogP contribution in [0.1, 0.15) is 16.7 Å². The van der Waals surface area contributed by atoms with E-state index in [9.17, 15) is 5.11 Å². The maximum Gasteiger partial charge on any atom is 0.137 e. The molecular weight excluding hydrogens is 250 g/mol. The fraction of sp³-hybridized carbons (Fsp3) is 0.118. The van der Waals surface area contributed by atoms with Crippen LogP contribution in [0.5, 0.6) is 5.75 Å². The van der Waals surface area contributed by atoms with Crippen molar-refractivity contribution < 1.29 is 9.52 Å². The predicted molar refractivity (Wildman–Crippen MR) is 76.4 cm³/mol. The lowest BCUT2D eigenvalue weighted by Gasteiger charge is -2.01. The first kappa shape index (κ1) is 12.3. The van der Waals surface area contributed by atoms with Gasteiger partial charge in [-0.1, -0.05) is 18.2 Å². The Morgan fingerprint density at radius 1 is 1.05 bits per heavy atom. The second-order valence-corrected chi connectivity index (χ2v) is 4.72. The molecule has 0 amide bonds. The van der Waals surface area contributed by atoms with Gasteiger partial charge >= 0.3 is 0 Å². The zero-order chi connectivity index (χ0) is 13.9. The van der Waals surface area contributed by atoms with Gasteiger partial charge in [0, 0.05) is 5.56 Å². The molecule has 1 heterocycles. The summed E-state index contributed by atoms with van der Waals surface area (Å²) in [5, 5.41) is 19.5. The highest BCUT2D eigenvalue weighted by atomic mass is 16.3. The minimum Gasteiger partial charge on any atom is -0.507 e. The fourth-order valence-corrected chi connectivity index (χ4v) is 2.34. The Balaban J connectivity index is 1.81. The van der Waals surface area contributed by atoms with Crippen LogP contribution in [-0.2, 0) is 12.8 Å². The Hall–Kier alpha value is -2.73. The van der Waals surface area contributed by atoms with Crippen molar-refractivity contribution in [3.05, 3.63) is 65.4 Å². The molecule has 0 saturated carbocycles. The normalized spacial score (nSPS) is 10.6. The molecule has 0 aliphatic heterocycles. The third-order valence-electron chi connectivity index (χ3n) is 3.42. The second kappa shape index (κ2) is 5.10. The molecule has 2 aromatic carbocycles. The Kier molecular flexibility index (Phi) is 3.14. The molecule has 0 fully saturated rings. The Bertz CT molecular complexity index is 779. The van der Waals surface area contributed by atoms with Gasteiger partial charge in [0.15, 0.2) is 0 Å². The van der Waals surface area contributed by atoms with E-state index in [4.69, 9.17) is 9.68 Å². The van der Waals surface area contributed by atoms with E-state index in [2.05, 4.69) is 6.07 Å². The number of nitriles is 1. The minimum absolute atomic E-state index is 0.256. The number of fused-ring (bicyclic) bond motifs is 1. The van der Waals surface area contributed by atoms with Gasteiger partial charge in [0.2, 0.25) is 0 Å². The summed E-state index contributed by atoms with van der Waals surface area (Å²) in [4.78, 5) is 0. The number of phenols is 1. The van der Waals surface area contributed by atoms with E-state index in [1.165, 1.54) is 0 Å². The van der Waals surface area contributed by atoms with Crippen LogP contribution in [0.3, 0.4) is 0 Å². The summed E-state index contributed by atoms with van der Waals surface area (Å²) in [5.41, 5.74) is 3.54. The molecule has 3 heteroatoms. The van der Waals surface area contributed by atoms with E-state index in [0.717, 1.165) is 29.4 Å². The first-order valence-corrected chi connectivity index (χ1v) is 6.45. The van der Waals surface area contributed by atoms with E-state index in [1.807, 2.05) is 30.3 Å². The number of phenolic OH excluding ortho intramolecular Hbond substituents is 1. The van der Waals surface area contributed by atoms with Crippen molar-refractivity contribution >= 4 is 11.0 Å². The summed E-state index contributed by atoms with van der Waals surface area (Å²) in [6.07, 6.45) is 3.33. The largest absolute Gasteiger partial charge is 0.507 e. The van der Waals surface area contributed by atoms with E-state index < -0.39 is 0 Å². The molecule has 0 bridgehead atoms. The van der Waals surface area contributed by atoms with Crippen LogP contribution < -0.4 is 0 Å². The first-order valence-electron chi connectivity index (χ1n) is 6.45. The summed E-state index contributed by atoms with van der Waals surface area (Å²) in [5.74, 6) is 0.256. The van der Waals surface area contributed by atoms with E-state index >= 15 is 0 Å². The van der Waals surface area contributed by atoms with Crippen molar-refractivity contribution in [1.82, 2.24) is 0 Å². The monoisotopic (exact) mass is 263 g/mol. The minimum atomic E-state index is 0.256. The van der Waals surface area contributed by atoms with Gasteiger partial charge in [0.05, 0.1) is 23.3 Å². The van der Waals surface area contributed by atoms with E-state index in [0.29, 0.717) is 11.1 Å². The van der Waals surface area contributed by atoms with Gasteiger partial charge in [-0.25, -0.2) is 0 Å².